The van der Waals surface area contributed by atoms with Crippen molar-refractivity contribution in [3.05, 3.63) is 35.3 Å². The van der Waals surface area contributed by atoms with Gasteiger partial charge in [0, 0.05) is 28.6 Å². The molecule has 0 radical (unpaired) electrons. The van der Waals surface area contributed by atoms with Crippen LogP contribution >= 0.6 is 0 Å². The molecule has 0 unspecified atom stereocenters. The molecule has 2 nitrogen and oxygen atoms in total. The van der Waals surface area contributed by atoms with Gasteiger partial charge in [-0.3, -0.25) is 0 Å². The highest BCUT2D eigenvalue weighted by atomic mass is 19.1. The first-order chi connectivity index (χ1) is 9.16. The number of aromatic amines is 1. The van der Waals surface area contributed by atoms with Gasteiger partial charge in [-0.15, -0.1) is 0 Å². The fourth-order valence-electron chi connectivity index (χ4n) is 3.77. The summed E-state index contributed by atoms with van der Waals surface area (Å²) in [5.41, 5.74) is 9.58. The zero-order valence-corrected chi connectivity index (χ0v) is 11.4. The summed E-state index contributed by atoms with van der Waals surface area (Å²) in [5.74, 6) is -0.171. The Kier molecular flexibility index (Phi) is 3.09. The van der Waals surface area contributed by atoms with Gasteiger partial charge < -0.3 is 10.7 Å². The lowest BCUT2D eigenvalue weighted by Gasteiger charge is -2.37. The Hall–Kier alpha value is -1.35. The van der Waals surface area contributed by atoms with Crippen molar-refractivity contribution in [3.63, 3.8) is 0 Å². The third-order valence-corrected chi connectivity index (χ3v) is 4.68. The van der Waals surface area contributed by atoms with Gasteiger partial charge in [0.1, 0.15) is 5.82 Å². The van der Waals surface area contributed by atoms with Crippen LogP contribution in [0.2, 0.25) is 0 Å². The van der Waals surface area contributed by atoms with Crippen molar-refractivity contribution in [3.8, 4) is 0 Å². The molecule has 0 amide bonds. The normalized spacial score (nSPS) is 18.9. The molecule has 2 aromatic rings. The van der Waals surface area contributed by atoms with Crippen molar-refractivity contribution in [2.75, 3.05) is 6.54 Å². The third-order valence-electron chi connectivity index (χ3n) is 4.68. The van der Waals surface area contributed by atoms with E-state index in [-0.39, 0.29) is 11.2 Å². The fourth-order valence-corrected chi connectivity index (χ4v) is 3.77. The van der Waals surface area contributed by atoms with Gasteiger partial charge >= 0.3 is 0 Å². The summed E-state index contributed by atoms with van der Waals surface area (Å²) in [7, 11) is 0. The summed E-state index contributed by atoms with van der Waals surface area (Å²) in [6.07, 6.45) is 5.97. The number of fused-ring (bicyclic) bond motifs is 1. The van der Waals surface area contributed by atoms with E-state index < -0.39 is 0 Å². The molecular formula is C16H21FN2. The SMILES string of the molecule is Cc1[nH]c2ccc(F)cc2c1C1(CN)CCCCC1. The van der Waals surface area contributed by atoms with Crippen LogP contribution in [0.3, 0.4) is 0 Å². The van der Waals surface area contributed by atoms with Crippen LogP contribution in [0.5, 0.6) is 0 Å². The van der Waals surface area contributed by atoms with E-state index in [1.165, 1.54) is 30.9 Å². The van der Waals surface area contributed by atoms with Crippen molar-refractivity contribution in [2.45, 2.75) is 44.4 Å². The van der Waals surface area contributed by atoms with Crippen LogP contribution < -0.4 is 5.73 Å². The van der Waals surface area contributed by atoms with E-state index in [0.717, 1.165) is 29.4 Å². The lowest BCUT2D eigenvalue weighted by Crippen LogP contribution is -2.37. The first-order valence-electron chi connectivity index (χ1n) is 7.15. The Morgan fingerprint density at radius 1 is 1.26 bits per heavy atom. The number of nitrogens with one attached hydrogen (secondary N) is 1. The van der Waals surface area contributed by atoms with Gasteiger partial charge in [0.25, 0.3) is 0 Å². The van der Waals surface area contributed by atoms with Gasteiger partial charge in [0.15, 0.2) is 0 Å². The Labute approximate surface area is 113 Å². The van der Waals surface area contributed by atoms with Crippen molar-refractivity contribution in [2.24, 2.45) is 5.73 Å². The molecule has 1 aliphatic carbocycles. The van der Waals surface area contributed by atoms with Gasteiger partial charge in [0.2, 0.25) is 0 Å². The Morgan fingerprint density at radius 3 is 2.68 bits per heavy atom. The molecule has 1 aromatic heterocycles. The number of hydrogen-bond donors (Lipinski definition) is 2. The standard InChI is InChI=1S/C16H21FN2/c1-11-15(16(10-18)7-3-2-4-8-16)13-9-12(17)5-6-14(13)19-11/h5-6,9,19H,2-4,7-8,10,18H2,1H3. The van der Waals surface area contributed by atoms with Crippen molar-refractivity contribution in [1.82, 2.24) is 4.98 Å². The average molecular weight is 260 g/mol. The third kappa shape index (κ3) is 1.96. The Morgan fingerprint density at radius 2 is 2.00 bits per heavy atom. The van der Waals surface area contributed by atoms with Gasteiger partial charge in [-0.2, -0.15) is 0 Å². The number of aromatic nitrogens is 1. The number of rotatable bonds is 2. The van der Waals surface area contributed by atoms with E-state index in [2.05, 4.69) is 11.9 Å². The van der Waals surface area contributed by atoms with E-state index in [0.29, 0.717) is 6.54 Å². The van der Waals surface area contributed by atoms with Gasteiger partial charge in [-0.1, -0.05) is 19.3 Å². The summed E-state index contributed by atoms with van der Waals surface area (Å²) in [5, 5.41) is 1.02. The Balaban J connectivity index is 2.22. The maximum atomic E-state index is 13.6. The summed E-state index contributed by atoms with van der Waals surface area (Å²) < 4.78 is 13.6. The van der Waals surface area contributed by atoms with Crippen molar-refractivity contribution >= 4 is 10.9 Å². The van der Waals surface area contributed by atoms with Crippen molar-refractivity contribution < 1.29 is 4.39 Å². The summed E-state index contributed by atoms with van der Waals surface area (Å²) in [6, 6.07) is 4.99. The van der Waals surface area contributed by atoms with Crippen LogP contribution in [0, 0.1) is 12.7 Å². The van der Waals surface area contributed by atoms with E-state index in [1.54, 1.807) is 6.07 Å². The number of nitrogens with two attached hydrogens (primary N) is 1. The summed E-state index contributed by atoms with van der Waals surface area (Å²) in [6.45, 7) is 2.73. The highest BCUT2D eigenvalue weighted by Gasteiger charge is 2.36. The monoisotopic (exact) mass is 260 g/mol. The highest BCUT2D eigenvalue weighted by molar-refractivity contribution is 5.86. The fraction of sp³-hybridized carbons (Fsp3) is 0.500. The predicted molar refractivity (Wildman–Crippen MR) is 76.8 cm³/mol. The summed E-state index contributed by atoms with van der Waals surface area (Å²) in [4.78, 5) is 3.39. The second kappa shape index (κ2) is 4.64. The first kappa shape index (κ1) is 12.7. The molecule has 1 aromatic carbocycles. The second-order valence-corrected chi connectivity index (χ2v) is 5.86. The van der Waals surface area contributed by atoms with Crippen LogP contribution in [-0.4, -0.2) is 11.5 Å². The van der Waals surface area contributed by atoms with E-state index >= 15 is 0 Å². The van der Waals surface area contributed by atoms with Gasteiger partial charge in [-0.25, -0.2) is 4.39 Å². The van der Waals surface area contributed by atoms with E-state index in [9.17, 15) is 4.39 Å². The smallest absolute Gasteiger partial charge is 0.123 e. The summed E-state index contributed by atoms with van der Waals surface area (Å²) >= 11 is 0. The topological polar surface area (TPSA) is 41.8 Å². The maximum absolute atomic E-state index is 13.6. The quantitative estimate of drug-likeness (QED) is 0.847. The number of halogens is 1. The molecule has 102 valence electrons. The molecule has 0 spiro atoms. The molecule has 19 heavy (non-hydrogen) atoms. The maximum Gasteiger partial charge on any atom is 0.123 e. The van der Waals surface area contributed by atoms with Gasteiger partial charge in [-0.05, 0) is 43.5 Å². The van der Waals surface area contributed by atoms with Crippen LogP contribution in [0.25, 0.3) is 10.9 Å². The second-order valence-electron chi connectivity index (χ2n) is 5.86. The molecule has 3 N–H and O–H groups in total. The number of benzene rings is 1. The molecule has 3 rings (SSSR count). The minimum atomic E-state index is -0.171. The molecule has 3 heteroatoms. The number of H-pyrrole nitrogens is 1. The minimum absolute atomic E-state index is 0.0361. The zero-order valence-electron chi connectivity index (χ0n) is 11.4. The Bertz CT molecular complexity index is 594. The molecule has 0 atom stereocenters. The lowest BCUT2D eigenvalue weighted by molar-refractivity contribution is 0.302. The zero-order chi connectivity index (χ0) is 13.5. The molecular weight excluding hydrogens is 239 g/mol. The predicted octanol–water partition coefficient (Wildman–Crippen LogP) is 3.78. The molecule has 0 aliphatic heterocycles. The van der Waals surface area contributed by atoms with Crippen LogP contribution in [-0.2, 0) is 5.41 Å². The number of hydrogen-bond acceptors (Lipinski definition) is 1. The van der Waals surface area contributed by atoms with Gasteiger partial charge in [0.05, 0.1) is 0 Å². The molecule has 1 aliphatic rings. The lowest BCUT2D eigenvalue weighted by atomic mass is 9.68. The van der Waals surface area contributed by atoms with E-state index in [4.69, 9.17) is 5.73 Å². The molecule has 0 bridgehead atoms. The van der Waals surface area contributed by atoms with Crippen LogP contribution in [0.1, 0.15) is 43.4 Å². The molecule has 0 saturated heterocycles. The molecule has 1 heterocycles. The largest absolute Gasteiger partial charge is 0.358 e. The first-order valence-corrected chi connectivity index (χ1v) is 7.15. The van der Waals surface area contributed by atoms with E-state index in [1.807, 2.05) is 6.07 Å². The molecule has 1 saturated carbocycles. The van der Waals surface area contributed by atoms with Crippen molar-refractivity contribution in [1.29, 1.82) is 0 Å². The average Bonchev–Trinajstić information content (AvgIpc) is 2.75. The molecule has 1 fully saturated rings. The van der Waals surface area contributed by atoms with Crippen LogP contribution in [0.15, 0.2) is 18.2 Å². The minimum Gasteiger partial charge on any atom is -0.358 e. The van der Waals surface area contributed by atoms with Crippen LogP contribution in [0.4, 0.5) is 4.39 Å². The highest BCUT2D eigenvalue weighted by Crippen LogP contribution is 2.43. The number of aryl methyl sites for hydroxylation is 1.